The van der Waals surface area contributed by atoms with E-state index in [-0.39, 0.29) is 41.4 Å². The number of nitrogens with zero attached hydrogens (tertiary/aromatic N) is 4. The van der Waals surface area contributed by atoms with E-state index in [1.54, 1.807) is 13.8 Å². The van der Waals surface area contributed by atoms with Crippen LogP contribution in [0.1, 0.15) is 41.9 Å². The van der Waals surface area contributed by atoms with E-state index in [0.29, 0.717) is 18.5 Å². The van der Waals surface area contributed by atoms with Gasteiger partial charge in [0.25, 0.3) is 5.91 Å². The summed E-state index contributed by atoms with van der Waals surface area (Å²) in [5, 5.41) is 6.58. The van der Waals surface area contributed by atoms with Crippen molar-refractivity contribution in [1.29, 1.82) is 0 Å². The summed E-state index contributed by atoms with van der Waals surface area (Å²) < 4.78 is 30.9. The number of carbonyl (C=O) groups excluding carboxylic acids is 2. The maximum absolute atomic E-state index is 14.9. The van der Waals surface area contributed by atoms with Crippen molar-refractivity contribution in [2.24, 2.45) is 11.8 Å². The quantitative estimate of drug-likeness (QED) is 0.495. The van der Waals surface area contributed by atoms with Crippen LogP contribution in [0.2, 0.25) is 5.02 Å². The third-order valence-corrected chi connectivity index (χ3v) is 6.37. The monoisotopic (exact) mass is 525 g/mol. The minimum Gasteiger partial charge on any atom is -0.340 e. The van der Waals surface area contributed by atoms with Crippen LogP contribution in [-0.4, -0.2) is 50.7 Å². The molecular weight excluding hydrogens is 500 g/mol. The van der Waals surface area contributed by atoms with Crippen LogP contribution < -0.4 is 5.32 Å². The molecule has 2 amide bonds. The molecule has 0 aliphatic carbocycles. The summed E-state index contributed by atoms with van der Waals surface area (Å²) in [5.74, 6) is 3.22. The first kappa shape index (κ1) is 26.3. The van der Waals surface area contributed by atoms with Crippen LogP contribution in [0.5, 0.6) is 0 Å². The van der Waals surface area contributed by atoms with Gasteiger partial charge in [-0.1, -0.05) is 55.5 Å². The highest BCUT2D eigenvalue weighted by Gasteiger charge is 2.33. The number of piperidine rings is 1. The minimum absolute atomic E-state index is 0.00709. The third-order valence-electron chi connectivity index (χ3n) is 6.10. The van der Waals surface area contributed by atoms with Gasteiger partial charge in [0.05, 0.1) is 17.8 Å². The fraction of sp³-hybridized carbons (Fsp3) is 0.333. The number of pyridine rings is 1. The van der Waals surface area contributed by atoms with Crippen LogP contribution in [0.15, 0.2) is 48.8 Å². The van der Waals surface area contributed by atoms with Crippen molar-refractivity contribution in [3.05, 3.63) is 76.5 Å². The number of benzene rings is 1. The van der Waals surface area contributed by atoms with Gasteiger partial charge in [0, 0.05) is 42.2 Å². The molecule has 2 atom stereocenters. The molecule has 37 heavy (non-hydrogen) atoms. The summed E-state index contributed by atoms with van der Waals surface area (Å²) in [6.45, 7) is 4.06. The fourth-order valence-corrected chi connectivity index (χ4v) is 4.33. The predicted octanol–water partition coefficient (Wildman–Crippen LogP) is 4.57. The molecule has 0 unspecified atom stereocenters. The van der Waals surface area contributed by atoms with Crippen molar-refractivity contribution in [3.8, 4) is 11.8 Å². The number of aromatic nitrogens is 3. The molecule has 1 saturated heterocycles. The normalized spacial score (nSPS) is 17.3. The van der Waals surface area contributed by atoms with Gasteiger partial charge in [-0.2, -0.15) is 5.10 Å². The molecule has 10 heteroatoms. The van der Waals surface area contributed by atoms with Gasteiger partial charge in [0.15, 0.2) is 11.6 Å². The summed E-state index contributed by atoms with van der Waals surface area (Å²) in [4.78, 5) is 30.7. The lowest BCUT2D eigenvalue weighted by molar-refractivity contribution is -0.137. The largest absolute Gasteiger partial charge is 0.340 e. The standard InChI is InChI=1S/C27H26ClF2N5O2/c1-17(2)27(37)34-11-10-20(23(30)16-34)15-35-24(21(28)14-32-35)26(36)33-25-22(29)12-19(13-31-25)9-8-18-6-4-3-5-7-18/h3-7,12-14,17,20,23H,10-11,15-16H2,1-2H3,(H,31,33,36)/t20-,23-/m1/s1. The highest BCUT2D eigenvalue weighted by atomic mass is 35.5. The van der Waals surface area contributed by atoms with E-state index in [4.69, 9.17) is 11.6 Å². The van der Waals surface area contributed by atoms with Crippen LogP contribution in [0.25, 0.3) is 0 Å². The van der Waals surface area contributed by atoms with Gasteiger partial charge in [-0.15, -0.1) is 0 Å². The van der Waals surface area contributed by atoms with Crippen LogP contribution in [0.4, 0.5) is 14.6 Å². The lowest BCUT2D eigenvalue weighted by Crippen LogP contribution is -2.47. The molecule has 0 bridgehead atoms. The first-order chi connectivity index (χ1) is 17.7. The Morgan fingerprint density at radius 3 is 2.59 bits per heavy atom. The molecule has 0 radical (unpaired) electrons. The Hall–Kier alpha value is -3.77. The average Bonchev–Trinajstić information content (AvgIpc) is 3.25. The summed E-state index contributed by atoms with van der Waals surface area (Å²) in [6, 6.07) is 10.4. The summed E-state index contributed by atoms with van der Waals surface area (Å²) >= 11 is 6.20. The smallest absolute Gasteiger partial charge is 0.276 e. The second-order valence-corrected chi connectivity index (χ2v) is 9.56. The van der Waals surface area contributed by atoms with Crippen molar-refractivity contribution < 1.29 is 18.4 Å². The zero-order valence-corrected chi connectivity index (χ0v) is 21.2. The zero-order valence-electron chi connectivity index (χ0n) is 20.4. The second kappa shape index (κ2) is 11.5. The first-order valence-electron chi connectivity index (χ1n) is 11.9. The Kier molecular flexibility index (Phi) is 8.19. The number of carbonyl (C=O) groups is 2. The number of rotatable bonds is 5. The van der Waals surface area contributed by atoms with Crippen molar-refractivity contribution >= 4 is 29.2 Å². The molecule has 1 fully saturated rings. The van der Waals surface area contributed by atoms with Gasteiger partial charge < -0.3 is 10.2 Å². The molecule has 4 rings (SSSR count). The van der Waals surface area contributed by atoms with Gasteiger partial charge >= 0.3 is 0 Å². The van der Waals surface area contributed by atoms with Crippen LogP contribution >= 0.6 is 11.6 Å². The number of halogens is 3. The first-order valence-corrected chi connectivity index (χ1v) is 12.3. The number of amides is 2. The molecule has 1 aliphatic rings. The average molecular weight is 526 g/mol. The van der Waals surface area contributed by atoms with Gasteiger partial charge in [0.2, 0.25) is 5.91 Å². The summed E-state index contributed by atoms with van der Waals surface area (Å²) in [5.41, 5.74) is 1.10. The zero-order chi connectivity index (χ0) is 26.5. The number of nitrogens with one attached hydrogen (secondary N) is 1. The predicted molar refractivity (Wildman–Crippen MR) is 136 cm³/mol. The molecule has 1 aromatic carbocycles. The Bertz CT molecular complexity index is 1350. The number of alkyl halides is 1. The van der Waals surface area contributed by atoms with Gasteiger partial charge in [-0.25, -0.2) is 13.8 Å². The Morgan fingerprint density at radius 2 is 1.92 bits per heavy atom. The van der Waals surface area contributed by atoms with E-state index in [1.165, 1.54) is 28.0 Å². The number of hydrogen-bond acceptors (Lipinski definition) is 4. The molecule has 7 nitrogen and oxygen atoms in total. The summed E-state index contributed by atoms with van der Waals surface area (Å²) in [6.07, 6.45) is 1.78. The Labute approximate surface area is 218 Å². The summed E-state index contributed by atoms with van der Waals surface area (Å²) in [7, 11) is 0. The number of anilines is 1. The molecular formula is C27H26ClF2N5O2. The molecule has 3 heterocycles. The Balaban J connectivity index is 1.44. The SMILES string of the molecule is CC(C)C(=O)N1CC[C@H](Cn2ncc(Cl)c2C(=O)Nc2ncc(C#Cc3ccccc3)cc2F)[C@H](F)C1. The molecule has 1 N–H and O–H groups in total. The second-order valence-electron chi connectivity index (χ2n) is 9.15. The van der Waals surface area contributed by atoms with Crippen molar-refractivity contribution in [2.45, 2.75) is 33.0 Å². The lowest BCUT2D eigenvalue weighted by Gasteiger charge is -2.35. The van der Waals surface area contributed by atoms with E-state index >= 15 is 0 Å². The lowest BCUT2D eigenvalue weighted by atomic mass is 9.94. The van der Waals surface area contributed by atoms with Gasteiger partial charge in [0.1, 0.15) is 11.9 Å². The Morgan fingerprint density at radius 1 is 1.19 bits per heavy atom. The van der Waals surface area contributed by atoms with E-state index in [9.17, 15) is 18.4 Å². The van der Waals surface area contributed by atoms with E-state index < -0.39 is 23.8 Å². The minimum atomic E-state index is -1.28. The maximum atomic E-state index is 14.9. The highest BCUT2D eigenvalue weighted by molar-refractivity contribution is 6.34. The number of hydrogen-bond donors (Lipinski definition) is 1. The third kappa shape index (κ3) is 6.33. The van der Waals surface area contributed by atoms with E-state index in [0.717, 1.165) is 5.56 Å². The topological polar surface area (TPSA) is 80.1 Å². The molecule has 2 aromatic heterocycles. The van der Waals surface area contributed by atoms with E-state index in [2.05, 4.69) is 27.2 Å². The highest BCUT2D eigenvalue weighted by Crippen LogP contribution is 2.26. The molecule has 0 saturated carbocycles. The van der Waals surface area contributed by atoms with Crippen molar-refractivity contribution in [1.82, 2.24) is 19.7 Å². The van der Waals surface area contributed by atoms with E-state index in [1.807, 2.05) is 30.3 Å². The molecule has 3 aromatic rings. The van der Waals surface area contributed by atoms with Crippen LogP contribution in [-0.2, 0) is 11.3 Å². The van der Waals surface area contributed by atoms with Gasteiger partial charge in [-0.3, -0.25) is 14.3 Å². The molecule has 1 aliphatic heterocycles. The van der Waals surface area contributed by atoms with Gasteiger partial charge in [-0.05, 0) is 24.6 Å². The molecule has 192 valence electrons. The van der Waals surface area contributed by atoms with Crippen LogP contribution in [0.3, 0.4) is 0 Å². The number of likely N-dealkylation sites (tertiary alicyclic amines) is 1. The fourth-order valence-electron chi connectivity index (χ4n) is 4.10. The van der Waals surface area contributed by atoms with Crippen molar-refractivity contribution in [3.63, 3.8) is 0 Å². The maximum Gasteiger partial charge on any atom is 0.276 e. The van der Waals surface area contributed by atoms with Crippen molar-refractivity contribution in [2.75, 3.05) is 18.4 Å². The molecule has 0 spiro atoms. The van der Waals surface area contributed by atoms with Crippen LogP contribution in [0, 0.1) is 29.5 Å².